The van der Waals surface area contributed by atoms with Crippen LogP contribution in [0.25, 0.3) is 33.0 Å². The first-order chi connectivity index (χ1) is 19.6. The number of benzene rings is 3. The summed E-state index contributed by atoms with van der Waals surface area (Å²) < 4.78 is 16.0. The number of fused-ring (bicyclic) bond motifs is 1. The van der Waals surface area contributed by atoms with Crippen molar-refractivity contribution in [1.29, 1.82) is 5.26 Å². The molecule has 0 amide bonds. The van der Waals surface area contributed by atoms with Gasteiger partial charge in [0.2, 0.25) is 5.13 Å². The van der Waals surface area contributed by atoms with E-state index in [0.717, 1.165) is 83.4 Å². The Balaban J connectivity index is 1.31. The van der Waals surface area contributed by atoms with Crippen LogP contribution in [0.2, 0.25) is 0 Å². The van der Waals surface area contributed by atoms with E-state index in [9.17, 15) is 9.65 Å². The predicted molar refractivity (Wildman–Crippen MR) is 156 cm³/mol. The first kappa shape index (κ1) is 24.7. The summed E-state index contributed by atoms with van der Waals surface area (Å²) in [4.78, 5) is 9.82. The molecule has 8 nitrogen and oxygen atoms in total. The number of hydrogen-bond donors (Lipinski definition) is 1. The van der Waals surface area contributed by atoms with Gasteiger partial charge in [0.25, 0.3) is 0 Å². The zero-order chi connectivity index (χ0) is 27.2. The van der Waals surface area contributed by atoms with Crippen molar-refractivity contribution in [3.8, 4) is 28.0 Å². The average Bonchev–Trinajstić information content (AvgIpc) is 3.59. The highest BCUT2D eigenvalue weighted by molar-refractivity contribution is 7.18. The fourth-order valence-corrected chi connectivity index (χ4v) is 6.02. The minimum absolute atomic E-state index is 0.252. The summed E-state index contributed by atoms with van der Waals surface area (Å²) in [5.41, 5.74) is 6.38. The van der Waals surface area contributed by atoms with Crippen molar-refractivity contribution < 1.29 is 4.39 Å². The number of piperazine rings is 1. The molecular weight excluding hydrogens is 523 g/mol. The van der Waals surface area contributed by atoms with Crippen LogP contribution in [0.1, 0.15) is 24.4 Å². The van der Waals surface area contributed by atoms with Gasteiger partial charge in [-0.05, 0) is 68.4 Å². The van der Waals surface area contributed by atoms with Gasteiger partial charge in [0.1, 0.15) is 16.6 Å². The van der Waals surface area contributed by atoms with Crippen LogP contribution in [-0.2, 0) is 0 Å². The molecule has 3 aromatic carbocycles. The van der Waals surface area contributed by atoms with Crippen LogP contribution < -0.4 is 10.2 Å². The molecule has 2 aromatic heterocycles. The summed E-state index contributed by atoms with van der Waals surface area (Å²) in [5, 5.41) is 23.1. The summed E-state index contributed by atoms with van der Waals surface area (Å²) in [5.74, 6) is 0.618. The second-order valence-corrected chi connectivity index (χ2v) is 11.4. The molecule has 1 saturated carbocycles. The molecular formula is C30H27FN8S. The third kappa shape index (κ3) is 4.68. The van der Waals surface area contributed by atoms with Gasteiger partial charge < -0.3 is 19.7 Å². The highest BCUT2D eigenvalue weighted by atomic mass is 32.1. The van der Waals surface area contributed by atoms with Crippen LogP contribution in [0.4, 0.5) is 20.9 Å². The Kier molecular flexibility index (Phi) is 6.18. The van der Waals surface area contributed by atoms with Gasteiger partial charge in [-0.1, -0.05) is 23.5 Å². The number of nitriles is 1. The summed E-state index contributed by atoms with van der Waals surface area (Å²) in [7, 11) is 2.15. The molecule has 2 aliphatic rings. The van der Waals surface area contributed by atoms with Crippen LogP contribution >= 0.6 is 11.3 Å². The predicted octanol–water partition coefficient (Wildman–Crippen LogP) is 6.06. The molecule has 1 saturated heterocycles. The van der Waals surface area contributed by atoms with Gasteiger partial charge >= 0.3 is 0 Å². The zero-order valence-corrected chi connectivity index (χ0v) is 22.8. The minimum Gasteiger partial charge on any atom is -0.367 e. The van der Waals surface area contributed by atoms with E-state index in [1.165, 1.54) is 23.5 Å². The van der Waals surface area contributed by atoms with Crippen LogP contribution in [0.3, 0.4) is 0 Å². The summed E-state index contributed by atoms with van der Waals surface area (Å²) in [6.45, 7) is 3.81. The largest absolute Gasteiger partial charge is 0.367 e. The maximum absolute atomic E-state index is 13.7. The molecule has 7 rings (SSSR count). The van der Waals surface area contributed by atoms with E-state index in [-0.39, 0.29) is 5.82 Å². The van der Waals surface area contributed by atoms with Crippen LogP contribution in [-0.4, -0.2) is 57.9 Å². The smallest absolute Gasteiger partial charge is 0.210 e. The first-order valence-corrected chi connectivity index (χ1v) is 14.2. The molecule has 1 N–H and O–H groups in total. The van der Waals surface area contributed by atoms with E-state index >= 15 is 0 Å². The molecule has 10 heteroatoms. The van der Waals surface area contributed by atoms with Crippen LogP contribution in [0.5, 0.6) is 0 Å². The average molecular weight is 551 g/mol. The summed E-state index contributed by atoms with van der Waals surface area (Å²) in [6.07, 6.45) is 2.23. The van der Waals surface area contributed by atoms with Gasteiger partial charge in [0.05, 0.1) is 34.0 Å². The highest BCUT2D eigenvalue weighted by Gasteiger charge is 2.30. The Bertz CT molecular complexity index is 1740. The van der Waals surface area contributed by atoms with Gasteiger partial charge in [0.15, 0.2) is 0 Å². The number of nitrogens with one attached hydrogen (secondary N) is 1. The van der Waals surface area contributed by atoms with Crippen LogP contribution in [0.15, 0.2) is 60.7 Å². The van der Waals surface area contributed by atoms with Gasteiger partial charge in [0, 0.05) is 43.3 Å². The third-order valence-corrected chi connectivity index (χ3v) is 8.46. The Labute approximate surface area is 235 Å². The number of halogens is 1. The number of rotatable bonds is 6. The molecule has 3 heterocycles. The Morgan fingerprint density at radius 3 is 2.52 bits per heavy atom. The van der Waals surface area contributed by atoms with Crippen molar-refractivity contribution in [3.63, 3.8) is 0 Å². The molecule has 1 aliphatic heterocycles. The lowest BCUT2D eigenvalue weighted by atomic mass is 10.1. The Morgan fingerprint density at radius 2 is 1.77 bits per heavy atom. The van der Waals surface area contributed by atoms with Crippen molar-refractivity contribution in [2.24, 2.45) is 0 Å². The molecule has 0 spiro atoms. The van der Waals surface area contributed by atoms with Gasteiger partial charge in [-0.15, -0.1) is 10.2 Å². The maximum Gasteiger partial charge on any atom is 0.210 e. The summed E-state index contributed by atoms with van der Waals surface area (Å²) >= 11 is 1.45. The van der Waals surface area contributed by atoms with Crippen molar-refractivity contribution >= 4 is 38.9 Å². The Morgan fingerprint density at radius 1 is 0.975 bits per heavy atom. The third-order valence-electron chi connectivity index (χ3n) is 7.57. The van der Waals surface area contributed by atoms with Crippen molar-refractivity contribution in [2.45, 2.75) is 18.9 Å². The number of hydrogen-bond acceptors (Lipinski definition) is 8. The lowest BCUT2D eigenvalue weighted by Crippen LogP contribution is -2.44. The molecule has 40 heavy (non-hydrogen) atoms. The van der Waals surface area contributed by atoms with Crippen molar-refractivity contribution in [2.75, 3.05) is 43.4 Å². The van der Waals surface area contributed by atoms with Crippen molar-refractivity contribution in [1.82, 2.24) is 24.6 Å². The molecule has 0 bridgehead atoms. The van der Waals surface area contributed by atoms with Gasteiger partial charge in [-0.25, -0.2) is 9.37 Å². The lowest BCUT2D eigenvalue weighted by Gasteiger charge is -2.35. The minimum atomic E-state index is -0.252. The molecule has 1 aliphatic carbocycles. The molecule has 200 valence electrons. The summed E-state index contributed by atoms with van der Waals surface area (Å²) in [6, 6.07) is 20.9. The van der Waals surface area contributed by atoms with E-state index in [2.05, 4.69) is 55.1 Å². The fraction of sp³-hybridized carbons (Fsp3) is 0.267. The lowest BCUT2D eigenvalue weighted by molar-refractivity contribution is 0.313. The number of imidazole rings is 1. The van der Waals surface area contributed by atoms with Crippen molar-refractivity contribution in [3.05, 3.63) is 72.0 Å². The SMILES string of the molecule is CN1CCN(c2cc3c(cc2Nc2nnc(-c4cccc(C#N)c4)s2)nc(-c2ccc(F)cc2)n3C2CC2)CC1. The standard InChI is InChI=1S/C30H27FN8S/c1-37-11-13-38(14-12-37)26-17-27-25(33-28(39(27)23-9-10-23)20-5-7-22(31)8-6-20)16-24(26)34-30-36-35-29(40-30)21-4-2-3-19(15-21)18-32/h2-8,15-17,23H,9-14H2,1H3,(H,34,36). The number of likely N-dealkylation sites (N-methyl/N-ethyl adjacent to an activating group) is 1. The second kappa shape index (κ2) is 10.0. The van der Waals surface area contributed by atoms with E-state index in [0.29, 0.717) is 16.7 Å². The van der Waals surface area contributed by atoms with Gasteiger partial charge in [-0.2, -0.15) is 5.26 Å². The van der Waals surface area contributed by atoms with E-state index in [1.54, 1.807) is 18.2 Å². The Hall–Kier alpha value is -4.33. The quantitative estimate of drug-likeness (QED) is 0.275. The number of nitrogens with zero attached hydrogens (tertiary/aromatic N) is 7. The topological polar surface area (TPSA) is 85.9 Å². The van der Waals surface area contributed by atoms with E-state index in [4.69, 9.17) is 4.98 Å². The number of aromatic nitrogens is 4. The molecule has 0 atom stereocenters. The maximum atomic E-state index is 13.7. The van der Waals surface area contributed by atoms with E-state index < -0.39 is 0 Å². The van der Waals surface area contributed by atoms with Crippen LogP contribution in [0, 0.1) is 17.1 Å². The van der Waals surface area contributed by atoms with Gasteiger partial charge in [-0.3, -0.25) is 0 Å². The molecule has 2 fully saturated rings. The fourth-order valence-electron chi connectivity index (χ4n) is 5.27. The highest BCUT2D eigenvalue weighted by Crippen LogP contribution is 2.44. The number of anilines is 3. The normalized spacial score (nSPS) is 15.9. The first-order valence-electron chi connectivity index (χ1n) is 13.4. The molecule has 0 radical (unpaired) electrons. The zero-order valence-electron chi connectivity index (χ0n) is 22.0. The second-order valence-electron chi connectivity index (χ2n) is 10.4. The molecule has 5 aromatic rings. The van der Waals surface area contributed by atoms with E-state index in [1.807, 2.05) is 18.2 Å². The molecule has 0 unspecified atom stereocenters. The monoisotopic (exact) mass is 550 g/mol.